The van der Waals surface area contributed by atoms with Gasteiger partial charge in [-0.25, -0.2) is 0 Å². The molecule has 0 heteroatoms. The Kier molecular flexibility index (Phi) is 6.54. The summed E-state index contributed by atoms with van der Waals surface area (Å²) in [6.07, 6.45) is 0. The fourth-order valence-electron chi connectivity index (χ4n) is 10.5. The number of hydrogen-bond acceptors (Lipinski definition) is 0. The van der Waals surface area contributed by atoms with Gasteiger partial charge in [-0.3, -0.25) is 0 Å². The van der Waals surface area contributed by atoms with Crippen LogP contribution in [0.25, 0.3) is 130 Å². The second-order valence-electron chi connectivity index (χ2n) is 15.9. The molecule has 0 spiro atoms. The van der Waals surface area contributed by atoms with Crippen LogP contribution in [0.5, 0.6) is 0 Å². The molecule has 0 saturated carbocycles. The van der Waals surface area contributed by atoms with Crippen molar-refractivity contribution in [2.75, 3.05) is 0 Å². The third kappa shape index (κ3) is 4.35. The summed E-state index contributed by atoms with van der Waals surface area (Å²) < 4.78 is 0. The van der Waals surface area contributed by atoms with E-state index in [-0.39, 0.29) is 0 Å². The zero-order valence-electron chi connectivity index (χ0n) is 31.6. The van der Waals surface area contributed by atoms with Gasteiger partial charge in [0, 0.05) is 0 Å². The number of hydrogen-bond donors (Lipinski definition) is 0. The second-order valence-corrected chi connectivity index (χ2v) is 15.9. The van der Waals surface area contributed by atoms with Crippen LogP contribution in [0.2, 0.25) is 0 Å². The molecule has 0 nitrogen and oxygen atoms in total. The molecule has 0 N–H and O–H groups in total. The molecule has 13 aromatic carbocycles. The van der Waals surface area contributed by atoms with Crippen molar-refractivity contribution in [3.63, 3.8) is 0 Å². The van der Waals surface area contributed by atoms with Crippen molar-refractivity contribution in [3.8, 4) is 33.4 Å². The molecular formula is C58H34. The van der Waals surface area contributed by atoms with Crippen LogP contribution in [0.4, 0.5) is 0 Å². The van der Waals surface area contributed by atoms with Crippen LogP contribution in [0.3, 0.4) is 0 Å². The van der Waals surface area contributed by atoms with Crippen molar-refractivity contribution in [1.29, 1.82) is 0 Å². The molecule has 0 atom stereocenters. The SMILES string of the molecule is c1ccc2cc(-c3c4ccccc4c(-c4c5ccccc5c(-c5ccc6ccc7cccc8ccc5c6c78)c5c4ccc4ccccc45)c4ccccc34)ccc2c1. The minimum absolute atomic E-state index is 1.24. The molecule has 0 aliphatic carbocycles. The van der Waals surface area contributed by atoms with E-state index in [0.29, 0.717) is 0 Å². The lowest BCUT2D eigenvalue weighted by Gasteiger charge is -2.24. The van der Waals surface area contributed by atoms with Crippen LogP contribution in [-0.2, 0) is 0 Å². The van der Waals surface area contributed by atoms with E-state index in [2.05, 4.69) is 206 Å². The molecule has 0 amide bonds. The third-order valence-electron chi connectivity index (χ3n) is 12.9. The van der Waals surface area contributed by atoms with E-state index in [1.165, 1.54) is 130 Å². The van der Waals surface area contributed by atoms with Gasteiger partial charge in [0.15, 0.2) is 0 Å². The Hall–Kier alpha value is -7.54. The molecule has 13 aromatic rings. The normalized spacial score (nSPS) is 12.1. The van der Waals surface area contributed by atoms with Crippen LogP contribution in [0.15, 0.2) is 206 Å². The molecule has 0 heterocycles. The Morgan fingerprint density at radius 1 is 0.190 bits per heavy atom. The Morgan fingerprint density at radius 2 is 0.621 bits per heavy atom. The van der Waals surface area contributed by atoms with E-state index < -0.39 is 0 Å². The quantitative estimate of drug-likeness (QED) is 0.125. The fourth-order valence-corrected chi connectivity index (χ4v) is 10.5. The highest BCUT2D eigenvalue weighted by molar-refractivity contribution is 6.35. The molecule has 0 aliphatic rings. The molecule has 0 radical (unpaired) electrons. The average molecular weight is 731 g/mol. The number of fused-ring (bicyclic) bond motifs is 7. The second kappa shape index (κ2) is 12.0. The maximum absolute atomic E-state index is 2.40. The van der Waals surface area contributed by atoms with Gasteiger partial charge in [0.1, 0.15) is 0 Å². The molecular weight excluding hydrogens is 697 g/mol. The average Bonchev–Trinajstić information content (AvgIpc) is 3.29. The minimum atomic E-state index is 1.24. The molecule has 0 fully saturated rings. The summed E-state index contributed by atoms with van der Waals surface area (Å²) in [6.45, 7) is 0. The lowest BCUT2D eigenvalue weighted by atomic mass is 9.79. The summed E-state index contributed by atoms with van der Waals surface area (Å²) in [4.78, 5) is 0. The lowest BCUT2D eigenvalue weighted by molar-refractivity contribution is 1.69. The lowest BCUT2D eigenvalue weighted by Crippen LogP contribution is -1.96. The van der Waals surface area contributed by atoms with Crippen molar-refractivity contribution >= 4 is 97.0 Å². The maximum Gasteiger partial charge on any atom is -0.00137 e. The van der Waals surface area contributed by atoms with Gasteiger partial charge < -0.3 is 0 Å². The van der Waals surface area contributed by atoms with Gasteiger partial charge in [0.05, 0.1) is 0 Å². The van der Waals surface area contributed by atoms with Gasteiger partial charge >= 0.3 is 0 Å². The summed E-state index contributed by atoms with van der Waals surface area (Å²) in [5.41, 5.74) is 7.67. The summed E-state index contributed by atoms with van der Waals surface area (Å²) in [5.74, 6) is 0. The van der Waals surface area contributed by atoms with E-state index in [9.17, 15) is 0 Å². The van der Waals surface area contributed by atoms with Crippen molar-refractivity contribution < 1.29 is 0 Å². The van der Waals surface area contributed by atoms with Crippen molar-refractivity contribution in [1.82, 2.24) is 0 Å². The first kappa shape index (κ1) is 31.6. The predicted molar refractivity (Wildman–Crippen MR) is 251 cm³/mol. The summed E-state index contributed by atoms with van der Waals surface area (Å²) >= 11 is 0. The first-order chi connectivity index (χ1) is 28.8. The van der Waals surface area contributed by atoms with Gasteiger partial charge in [-0.15, -0.1) is 0 Å². The minimum Gasteiger partial charge on any atom is -0.0616 e. The summed E-state index contributed by atoms with van der Waals surface area (Å²) in [5, 5.41) is 23.0. The van der Waals surface area contributed by atoms with Crippen LogP contribution in [0, 0.1) is 0 Å². The van der Waals surface area contributed by atoms with E-state index in [4.69, 9.17) is 0 Å². The zero-order valence-corrected chi connectivity index (χ0v) is 31.6. The third-order valence-corrected chi connectivity index (χ3v) is 12.9. The van der Waals surface area contributed by atoms with Crippen molar-refractivity contribution in [2.24, 2.45) is 0 Å². The first-order valence-electron chi connectivity index (χ1n) is 20.3. The van der Waals surface area contributed by atoms with E-state index in [1.807, 2.05) is 0 Å². The molecule has 0 saturated heterocycles. The van der Waals surface area contributed by atoms with Gasteiger partial charge in [-0.2, -0.15) is 0 Å². The molecule has 58 heavy (non-hydrogen) atoms. The zero-order chi connectivity index (χ0) is 37.9. The van der Waals surface area contributed by atoms with Crippen LogP contribution in [-0.4, -0.2) is 0 Å². The fraction of sp³-hybridized carbons (Fsp3) is 0. The van der Waals surface area contributed by atoms with Gasteiger partial charge in [0.25, 0.3) is 0 Å². The van der Waals surface area contributed by atoms with Crippen LogP contribution in [0.1, 0.15) is 0 Å². The largest absolute Gasteiger partial charge is 0.0616 e. The van der Waals surface area contributed by atoms with E-state index >= 15 is 0 Å². The molecule has 0 unspecified atom stereocenters. The monoisotopic (exact) mass is 730 g/mol. The smallest absolute Gasteiger partial charge is 0.00137 e. The van der Waals surface area contributed by atoms with Gasteiger partial charge in [0.2, 0.25) is 0 Å². The van der Waals surface area contributed by atoms with Crippen LogP contribution < -0.4 is 0 Å². The molecule has 13 rings (SSSR count). The van der Waals surface area contributed by atoms with Crippen molar-refractivity contribution in [3.05, 3.63) is 206 Å². The van der Waals surface area contributed by atoms with E-state index in [0.717, 1.165) is 0 Å². The number of rotatable bonds is 3. The summed E-state index contributed by atoms with van der Waals surface area (Å²) in [7, 11) is 0. The molecule has 0 bridgehead atoms. The molecule has 0 aliphatic heterocycles. The Labute approximate surface area is 335 Å². The molecule has 0 aromatic heterocycles. The maximum atomic E-state index is 2.40. The van der Waals surface area contributed by atoms with Crippen molar-refractivity contribution in [2.45, 2.75) is 0 Å². The Bertz CT molecular complexity index is 3770. The van der Waals surface area contributed by atoms with E-state index in [1.54, 1.807) is 0 Å². The Balaban J connectivity index is 1.22. The number of benzene rings is 13. The standard InChI is InChI=1S/C58H34/c1-2-14-40-34-41(27-24-35(40)12-1)53-43-18-5-7-20-45(43)56(46-21-8-6-19-44(46)53)58-48-23-10-9-22-47(48)57(55-42-17-4-3-13-36(42)28-33-51(55)58)50-32-30-39-26-25-37-15-11-16-38-29-31-49(50)54(39)52(37)38/h1-34H. The molecule has 266 valence electrons. The topological polar surface area (TPSA) is 0 Å². The van der Waals surface area contributed by atoms with Gasteiger partial charge in [-0.1, -0.05) is 200 Å². The Morgan fingerprint density at radius 3 is 1.29 bits per heavy atom. The highest BCUT2D eigenvalue weighted by Crippen LogP contribution is 2.52. The van der Waals surface area contributed by atoms with Gasteiger partial charge in [-0.05, 0) is 136 Å². The van der Waals surface area contributed by atoms with Crippen LogP contribution >= 0.6 is 0 Å². The highest BCUT2D eigenvalue weighted by Gasteiger charge is 2.24. The highest BCUT2D eigenvalue weighted by atomic mass is 14.3. The first-order valence-corrected chi connectivity index (χ1v) is 20.3. The summed E-state index contributed by atoms with van der Waals surface area (Å²) in [6, 6.07) is 77.3. The predicted octanol–water partition coefficient (Wildman–Crippen LogP) is 16.5.